The van der Waals surface area contributed by atoms with Gasteiger partial charge in [-0.3, -0.25) is 4.79 Å². The molecule has 6 heteroatoms. The zero-order valence-corrected chi connectivity index (χ0v) is 8.62. The lowest BCUT2D eigenvalue weighted by molar-refractivity contribution is -0.123. The molecule has 1 aliphatic carbocycles. The number of amides is 1. The molecule has 0 aliphatic heterocycles. The van der Waals surface area contributed by atoms with E-state index in [0.29, 0.717) is 24.7 Å². The first-order valence-corrected chi connectivity index (χ1v) is 4.96. The minimum atomic E-state index is -0.604. The van der Waals surface area contributed by atoms with Crippen molar-refractivity contribution in [2.24, 2.45) is 5.73 Å². The average molecular weight is 210 g/mol. The summed E-state index contributed by atoms with van der Waals surface area (Å²) in [6, 6.07) is 0. The van der Waals surface area contributed by atoms with Gasteiger partial charge in [0.05, 0.1) is 5.54 Å². The molecule has 15 heavy (non-hydrogen) atoms. The van der Waals surface area contributed by atoms with Gasteiger partial charge in [0.15, 0.2) is 5.82 Å². The fourth-order valence-electron chi connectivity index (χ4n) is 1.27. The number of carbonyl (C=O) groups excluding carboxylic acids is 1. The van der Waals surface area contributed by atoms with Gasteiger partial charge in [-0.2, -0.15) is 4.98 Å². The first kappa shape index (κ1) is 10.1. The minimum Gasteiger partial charge on any atom is -0.354 e. The van der Waals surface area contributed by atoms with Gasteiger partial charge in [0.25, 0.3) is 0 Å². The van der Waals surface area contributed by atoms with Crippen LogP contribution in [0.3, 0.4) is 0 Å². The van der Waals surface area contributed by atoms with Gasteiger partial charge >= 0.3 is 0 Å². The van der Waals surface area contributed by atoms with Crippen molar-refractivity contribution in [3.05, 3.63) is 11.7 Å². The van der Waals surface area contributed by atoms with Crippen LogP contribution in [-0.2, 0) is 11.2 Å². The number of rotatable bonds is 4. The maximum atomic E-state index is 11.4. The van der Waals surface area contributed by atoms with Crippen molar-refractivity contribution >= 4 is 5.91 Å². The van der Waals surface area contributed by atoms with Gasteiger partial charge in [-0.15, -0.1) is 0 Å². The molecule has 1 fully saturated rings. The molecule has 0 atom stereocenters. The van der Waals surface area contributed by atoms with E-state index in [1.807, 2.05) is 0 Å². The highest BCUT2D eigenvalue weighted by Crippen LogP contribution is 2.31. The molecular weight excluding hydrogens is 196 g/mol. The number of carbonyl (C=O) groups is 1. The summed E-state index contributed by atoms with van der Waals surface area (Å²) in [6.07, 6.45) is 2.12. The summed E-state index contributed by atoms with van der Waals surface area (Å²) in [7, 11) is 0. The Balaban J connectivity index is 1.73. The van der Waals surface area contributed by atoms with E-state index in [9.17, 15) is 4.79 Å². The third-order valence-corrected chi connectivity index (χ3v) is 2.44. The van der Waals surface area contributed by atoms with Crippen molar-refractivity contribution < 1.29 is 9.32 Å². The minimum absolute atomic E-state index is 0.0808. The van der Waals surface area contributed by atoms with Crippen LogP contribution in [0.2, 0.25) is 0 Å². The van der Waals surface area contributed by atoms with Gasteiger partial charge in [0.2, 0.25) is 11.8 Å². The topological polar surface area (TPSA) is 94.0 Å². The average Bonchev–Trinajstić information content (AvgIpc) is 2.81. The molecule has 0 spiro atoms. The molecule has 1 heterocycles. The Labute approximate surface area is 87.2 Å². The smallest absolute Gasteiger partial charge is 0.240 e. The Bertz CT molecular complexity index is 370. The summed E-state index contributed by atoms with van der Waals surface area (Å²) in [6.45, 7) is 2.23. The largest absolute Gasteiger partial charge is 0.354 e. The van der Waals surface area contributed by atoms with Crippen LogP contribution in [0.15, 0.2) is 4.52 Å². The normalized spacial score (nSPS) is 17.5. The monoisotopic (exact) mass is 210 g/mol. The van der Waals surface area contributed by atoms with E-state index in [1.54, 1.807) is 6.92 Å². The van der Waals surface area contributed by atoms with Crippen molar-refractivity contribution in [2.45, 2.75) is 31.7 Å². The first-order valence-electron chi connectivity index (χ1n) is 4.96. The first-order chi connectivity index (χ1) is 7.10. The molecule has 0 radical (unpaired) electrons. The summed E-state index contributed by atoms with van der Waals surface area (Å²) in [4.78, 5) is 15.4. The quantitative estimate of drug-likeness (QED) is 0.700. The highest BCUT2D eigenvalue weighted by molar-refractivity contribution is 5.88. The maximum absolute atomic E-state index is 11.4. The molecule has 2 rings (SSSR count). The Kier molecular flexibility index (Phi) is 2.44. The molecule has 82 valence electrons. The summed E-state index contributed by atoms with van der Waals surface area (Å²) in [5.41, 5.74) is 5.11. The van der Waals surface area contributed by atoms with Crippen LogP contribution < -0.4 is 11.1 Å². The standard InChI is InChI=1S/C9H14N4O2/c1-6-12-7(13-15-6)2-5-11-8(14)9(10)3-4-9/h2-5,10H2,1H3,(H,11,14). The molecule has 1 amide bonds. The van der Waals surface area contributed by atoms with Crippen molar-refractivity contribution in [3.8, 4) is 0 Å². The summed E-state index contributed by atoms with van der Waals surface area (Å²) in [5.74, 6) is 1.06. The number of aryl methyl sites for hydroxylation is 1. The zero-order chi connectivity index (χ0) is 10.9. The lowest BCUT2D eigenvalue weighted by Gasteiger charge is -2.08. The van der Waals surface area contributed by atoms with Crippen molar-refractivity contribution in [2.75, 3.05) is 6.54 Å². The van der Waals surface area contributed by atoms with E-state index in [1.165, 1.54) is 0 Å². The van der Waals surface area contributed by atoms with Gasteiger partial charge in [-0.1, -0.05) is 5.16 Å². The summed E-state index contributed by atoms with van der Waals surface area (Å²) < 4.78 is 4.80. The van der Waals surface area contributed by atoms with Crippen molar-refractivity contribution in [1.82, 2.24) is 15.5 Å². The van der Waals surface area contributed by atoms with E-state index in [0.717, 1.165) is 12.8 Å². The van der Waals surface area contributed by atoms with Crippen LogP contribution in [0.4, 0.5) is 0 Å². The Morgan fingerprint density at radius 2 is 2.40 bits per heavy atom. The lowest BCUT2D eigenvalue weighted by Crippen LogP contribution is -2.43. The molecule has 1 aromatic rings. The van der Waals surface area contributed by atoms with Crippen LogP contribution in [-0.4, -0.2) is 28.1 Å². The number of nitrogens with one attached hydrogen (secondary N) is 1. The lowest BCUT2D eigenvalue weighted by atomic mass is 10.2. The van der Waals surface area contributed by atoms with E-state index >= 15 is 0 Å². The third kappa shape index (κ3) is 2.33. The second-order valence-electron chi connectivity index (χ2n) is 3.89. The maximum Gasteiger partial charge on any atom is 0.240 e. The molecular formula is C9H14N4O2. The van der Waals surface area contributed by atoms with Gasteiger partial charge in [-0.05, 0) is 12.8 Å². The summed E-state index contributed by atoms with van der Waals surface area (Å²) >= 11 is 0. The molecule has 3 N–H and O–H groups in total. The summed E-state index contributed by atoms with van der Waals surface area (Å²) in [5, 5.41) is 6.48. The number of nitrogens with zero attached hydrogens (tertiary/aromatic N) is 2. The molecule has 1 saturated carbocycles. The Morgan fingerprint density at radius 1 is 1.67 bits per heavy atom. The fourth-order valence-corrected chi connectivity index (χ4v) is 1.27. The van der Waals surface area contributed by atoms with Crippen LogP contribution in [0, 0.1) is 6.92 Å². The molecule has 1 aliphatic rings. The van der Waals surface area contributed by atoms with Gasteiger partial charge in [-0.25, -0.2) is 0 Å². The van der Waals surface area contributed by atoms with Crippen molar-refractivity contribution in [3.63, 3.8) is 0 Å². The number of nitrogens with two attached hydrogens (primary N) is 1. The molecule has 0 bridgehead atoms. The second-order valence-corrected chi connectivity index (χ2v) is 3.89. The predicted octanol–water partition coefficient (Wildman–Crippen LogP) is -0.472. The highest BCUT2D eigenvalue weighted by atomic mass is 16.5. The van der Waals surface area contributed by atoms with Crippen LogP contribution >= 0.6 is 0 Å². The molecule has 0 unspecified atom stereocenters. The Hall–Kier alpha value is -1.43. The van der Waals surface area contributed by atoms with Crippen molar-refractivity contribution in [1.29, 1.82) is 0 Å². The second kappa shape index (κ2) is 3.62. The molecule has 1 aromatic heterocycles. The van der Waals surface area contributed by atoms with Crippen LogP contribution in [0.5, 0.6) is 0 Å². The third-order valence-electron chi connectivity index (χ3n) is 2.44. The number of aromatic nitrogens is 2. The van der Waals surface area contributed by atoms with E-state index in [2.05, 4.69) is 15.5 Å². The Morgan fingerprint density at radius 3 is 2.93 bits per heavy atom. The van der Waals surface area contributed by atoms with Crippen LogP contribution in [0.25, 0.3) is 0 Å². The zero-order valence-electron chi connectivity index (χ0n) is 8.62. The molecule has 6 nitrogen and oxygen atoms in total. The van der Waals surface area contributed by atoms with E-state index in [-0.39, 0.29) is 5.91 Å². The highest BCUT2D eigenvalue weighted by Gasteiger charge is 2.45. The SMILES string of the molecule is Cc1nc(CCNC(=O)C2(N)CC2)no1. The van der Waals surface area contributed by atoms with Crippen LogP contribution in [0.1, 0.15) is 24.6 Å². The predicted molar refractivity (Wildman–Crippen MR) is 51.9 cm³/mol. The van der Waals surface area contributed by atoms with E-state index < -0.39 is 5.54 Å². The van der Waals surface area contributed by atoms with E-state index in [4.69, 9.17) is 10.3 Å². The number of hydrogen-bond acceptors (Lipinski definition) is 5. The van der Waals surface area contributed by atoms with Gasteiger partial charge < -0.3 is 15.6 Å². The molecule has 0 aromatic carbocycles. The van der Waals surface area contributed by atoms with Gasteiger partial charge in [0.1, 0.15) is 0 Å². The number of hydrogen-bond donors (Lipinski definition) is 2. The molecule has 0 saturated heterocycles. The van der Waals surface area contributed by atoms with Gasteiger partial charge in [0, 0.05) is 19.9 Å². The fraction of sp³-hybridized carbons (Fsp3) is 0.667.